The zero-order valence-corrected chi connectivity index (χ0v) is 13.3. The molecule has 22 heavy (non-hydrogen) atoms. The Hall–Kier alpha value is -2.11. The molecule has 0 aliphatic rings. The van der Waals surface area contributed by atoms with Crippen LogP contribution in [0.2, 0.25) is 0 Å². The van der Waals surface area contributed by atoms with Crippen molar-refractivity contribution >= 4 is 23.3 Å². The number of aromatic nitrogens is 1. The average Bonchev–Trinajstić information content (AvgIpc) is 2.84. The molecule has 0 radical (unpaired) electrons. The molecule has 0 aliphatic heterocycles. The molecule has 0 saturated heterocycles. The molecule has 3 aromatic rings. The fourth-order valence-electron chi connectivity index (χ4n) is 2.30. The lowest BCUT2D eigenvalue weighted by Crippen LogP contribution is -2.26. The minimum atomic E-state index is 0.497. The molecule has 0 amide bonds. The summed E-state index contributed by atoms with van der Waals surface area (Å²) in [6.45, 7) is 2.10. The molecule has 0 saturated carbocycles. The first-order valence-corrected chi connectivity index (χ1v) is 7.59. The van der Waals surface area contributed by atoms with Gasteiger partial charge in [0.25, 0.3) is 4.84 Å². The number of rotatable bonds is 6. The SMILES string of the molecule is CN(CCOc1ccccc1)Cn1c(=S)oc2ccccc21. The van der Waals surface area contributed by atoms with Gasteiger partial charge in [-0.25, -0.2) is 0 Å². The van der Waals surface area contributed by atoms with Crippen molar-refractivity contribution in [3.05, 3.63) is 59.4 Å². The van der Waals surface area contributed by atoms with Gasteiger partial charge in [0.05, 0.1) is 12.2 Å². The Morgan fingerprint density at radius 2 is 1.82 bits per heavy atom. The first-order valence-electron chi connectivity index (χ1n) is 7.19. The van der Waals surface area contributed by atoms with Crippen molar-refractivity contribution < 1.29 is 9.15 Å². The number of hydrogen-bond donors (Lipinski definition) is 0. The van der Waals surface area contributed by atoms with Crippen molar-refractivity contribution in [3.8, 4) is 5.75 Å². The van der Waals surface area contributed by atoms with Crippen LogP contribution in [0.5, 0.6) is 5.75 Å². The number of likely N-dealkylation sites (N-methyl/N-ethyl adjacent to an activating group) is 1. The number of fused-ring (bicyclic) bond motifs is 1. The summed E-state index contributed by atoms with van der Waals surface area (Å²) >= 11 is 5.30. The largest absolute Gasteiger partial charge is 0.492 e. The van der Waals surface area contributed by atoms with Crippen LogP contribution < -0.4 is 4.74 Å². The lowest BCUT2D eigenvalue weighted by Gasteiger charge is -2.17. The minimum Gasteiger partial charge on any atom is -0.492 e. The van der Waals surface area contributed by atoms with Crippen molar-refractivity contribution in [1.29, 1.82) is 0 Å². The Morgan fingerprint density at radius 1 is 1.09 bits per heavy atom. The number of hydrogen-bond acceptors (Lipinski definition) is 4. The summed E-state index contributed by atoms with van der Waals surface area (Å²) in [7, 11) is 2.04. The molecule has 0 atom stereocenters. The standard InChI is InChI=1S/C17H18N2O2S/c1-18(11-12-20-14-7-3-2-4-8-14)13-19-15-9-5-6-10-16(15)21-17(19)22/h2-10H,11-13H2,1H3. The van der Waals surface area contributed by atoms with Gasteiger partial charge in [0, 0.05) is 6.54 Å². The monoisotopic (exact) mass is 314 g/mol. The van der Waals surface area contributed by atoms with Crippen LogP contribution in [-0.2, 0) is 6.67 Å². The highest BCUT2D eigenvalue weighted by atomic mass is 32.1. The molecule has 114 valence electrons. The maximum Gasteiger partial charge on any atom is 0.270 e. The zero-order chi connectivity index (χ0) is 15.4. The van der Waals surface area contributed by atoms with E-state index in [-0.39, 0.29) is 0 Å². The molecule has 1 heterocycles. The summed E-state index contributed by atoms with van der Waals surface area (Å²) in [5, 5.41) is 0. The Labute approximate surface area is 134 Å². The number of nitrogens with zero attached hydrogens (tertiary/aromatic N) is 2. The van der Waals surface area contributed by atoms with E-state index in [1.165, 1.54) is 0 Å². The van der Waals surface area contributed by atoms with Crippen molar-refractivity contribution in [2.45, 2.75) is 6.67 Å². The summed E-state index contributed by atoms with van der Waals surface area (Å²) < 4.78 is 13.3. The lowest BCUT2D eigenvalue weighted by atomic mass is 10.3. The van der Waals surface area contributed by atoms with E-state index in [4.69, 9.17) is 21.4 Å². The minimum absolute atomic E-state index is 0.497. The van der Waals surface area contributed by atoms with Crippen LogP contribution in [0.4, 0.5) is 0 Å². The van der Waals surface area contributed by atoms with E-state index in [0.29, 0.717) is 18.1 Å². The van der Waals surface area contributed by atoms with Crippen LogP contribution in [0.15, 0.2) is 59.0 Å². The molecular formula is C17H18N2O2S. The Kier molecular flexibility index (Phi) is 4.56. The molecule has 5 heteroatoms. The van der Waals surface area contributed by atoms with Gasteiger partial charge in [0.2, 0.25) is 0 Å². The van der Waals surface area contributed by atoms with Crippen LogP contribution in [0.3, 0.4) is 0 Å². The third-order valence-corrected chi connectivity index (χ3v) is 3.75. The van der Waals surface area contributed by atoms with E-state index in [2.05, 4.69) is 4.90 Å². The van der Waals surface area contributed by atoms with E-state index < -0.39 is 0 Å². The van der Waals surface area contributed by atoms with Crippen LogP contribution in [-0.4, -0.2) is 29.7 Å². The first-order chi connectivity index (χ1) is 10.7. The molecule has 0 N–H and O–H groups in total. The first kappa shape index (κ1) is 14.8. The second-order valence-corrected chi connectivity index (χ2v) is 5.50. The van der Waals surface area contributed by atoms with Gasteiger partial charge in [-0.05, 0) is 43.5 Å². The van der Waals surface area contributed by atoms with Crippen LogP contribution in [0.1, 0.15) is 0 Å². The van der Waals surface area contributed by atoms with Gasteiger partial charge in [-0.3, -0.25) is 9.47 Å². The summed E-state index contributed by atoms with van der Waals surface area (Å²) in [6.07, 6.45) is 0. The quantitative estimate of drug-likeness (QED) is 0.645. The lowest BCUT2D eigenvalue weighted by molar-refractivity contribution is 0.205. The molecule has 3 rings (SSSR count). The van der Waals surface area contributed by atoms with Crippen molar-refractivity contribution in [2.24, 2.45) is 0 Å². The van der Waals surface area contributed by atoms with Gasteiger partial charge in [-0.1, -0.05) is 30.3 Å². The molecule has 0 aliphatic carbocycles. The van der Waals surface area contributed by atoms with E-state index in [1.54, 1.807) is 0 Å². The smallest absolute Gasteiger partial charge is 0.270 e. The van der Waals surface area contributed by atoms with Gasteiger partial charge >= 0.3 is 0 Å². The highest BCUT2D eigenvalue weighted by Crippen LogP contribution is 2.17. The number of para-hydroxylation sites is 3. The normalized spacial score (nSPS) is 11.2. The van der Waals surface area contributed by atoms with E-state index in [9.17, 15) is 0 Å². The van der Waals surface area contributed by atoms with Gasteiger partial charge < -0.3 is 9.15 Å². The summed E-state index contributed by atoms with van der Waals surface area (Å²) in [4.78, 5) is 2.65. The maximum absolute atomic E-state index is 5.71. The van der Waals surface area contributed by atoms with Gasteiger partial charge in [0.15, 0.2) is 5.58 Å². The summed E-state index contributed by atoms with van der Waals surface area (Å²) in [5.74, 6) is 0.890. The van der Waals surface area contributed by atoms with Crippen molar-refractivity contribution in [3.63, 3.8) is 0 Å². The molecule has 0 fully saturated rings. The van der Waals surface area contributed by atoms with E-state index in [1.807, 2.05) is 66.2 Å². The van der Waals surface area contributed by atoms with Crippen molar-refractivity contribution in [1.82, 2.24) is 9.47 Å². The fraction of sp³-hybridized carbons (Fsp3) is 0.235. The predicted molar refractivity (Wildman–Crippen MR) is 89.6 cm³/mol. The van der Waals surface area contributed by atoms with Crippen LogP contribution in [0.25, 0.3) is 11.1 Å². The molecule has 2 aromatic carbocycles. The third kappa shape index (κ3) is 3.37. The average molecular weight is 314 g/mol. The Morgan fingerprint density at radius 3 is 2.64 bits per heavy atom. The molecule has 1 aromatic heterocycles. The maximum atomic E-state index is 5.71. The highest BCUT2D eigenvalue weighted by Gasteiger charge is 2.08. The van der Waals surface area contributed by atoms with E-state index in [0.717, 1.165) is 23.4 Å². The summed E-state index contributed by atoms with van der Waals surface area (Å²) in [5.41, 5.74) is 1.84. The molecule has 4 nitrogen and oxygen atoms in total. The Bertz CT molecular complexity index is 795. The van der Waals surface area contributed by atoms with Gasteiger partial charge in [-0.2, -0.15) is 0 Å². The molecule has 0 bridgehead atoms. The molecular weight excluding hydrogens is 296 g/mol. The van der Waals surface area contributed by atoms with Gasteiger partial charge in [-0.15, -0.1) is 0 Å². The Balaban J connectivity index is 1.60. The molecule has 0 spiro atoms. The second-order valence-electron chi connectivity index (χ2n) is 5.15. The second kappa shape index (κ2) is 6.77. The number of benzene rings is 2. The summed E-state index contributed by atoms with van der Waals surface area (Å²) in [6, 6.07) is 17.7. The van der Waals surface area contributed by atoms with Crippen molar-refractivity contribution in [2.75, 3.05) is 20.2 Å². The third-order valence-electron chi connectivity index (χ3n) is 3.44. The van der Waals surface area contributed by atoms with Gasteiger partial charge in [0.1, 0.15) is 12.4 Å². The predicted octanol–water partition coefficient (Wildman–Crippen LogP) is 3.93. The fourth-order valence-corrected chi connectivity index (χ4v) is 2.54. The topological polar surface area (TPSA) is 30.5 Å². The van der Waals surface area contributed by atoms with Crippen LogP contribution >= 0.6 is 12.2 Å². The van der Waals surface area contributed by atoms with Crippen LogP contribution in [0, 0.1) is 4.84 Å². The number of oxazole rings is 1. The highest BCUT2D eigenvalue weighted by molar-refractivity contribution is 7.71. The molecule has 0 unspecified atom stereocenters. The van der Waals surface area contributed by atoms with E-state index >= 15 is 0 Å². The number of ether oxygens (including phenoxy) is 1. The zero-order valence-electron chi connectivity index (χ0n) is 12.4.